The molecule has 0 bridgehead atoms. The van der Waals surface area contributed by atoms with Gasteiger partial charge in [-0.1, -0.05) is 13.8 Å². The van der Waals surface area contributed by atoms with E-state index < -0.39 is 0 Å². The van der Waals surface area contributed by atoms with Crippen molar-refractivity contribution in [2.45, 2.75) is 52.6 Å². The molecule has 1 atom stereocenters. The van der Waals surface area contributed by atoms with Crippen molar-refractivity contribution < 1.29 is 0 Å². The zero-order chi connectivity index (χ0) is 13.0. The van der Waals surface area contributed by atoms with Gasteiger partial charge in [0.25, 0.3) is 0 Å². The molecule has 1 aliphatic rings. The van der Waals surface area contributed by atoms with Crippen LogP contribution >= 0.6 is 0 Å². The van der Waals surface area contributed by atoms with E-state index in [2.05, 4.69) is 42.0 Å². The van der Waals surface area contributed by atoms with E-state index in [1.54, 1.807) is 0 Å². The number of rotatable bonds is 5. The number of pyridine rings is 1. The van der Waals surface area contributed by atoms with E-state index in [0.29, 0.717) is 6.04 Å². The predicted octanol–water partition coefficient (Wildman–Crippen LogP) is 2.88. The van der Waals surface area contributed by atoms with Gasteiger partial charge in [-0.05, 0) is 38.8 Å². The first-order valence-electron chi connectivity index (χ1n) is 7.19. The smallest absolute Gasteiger partial charge is 0.0448 e. The molecule has 0 aromatic carbocycles. The van der Waals surface area contributed by atoms with Gasteiger partial charge in [-0.3, -0.25) is 4.98 Å². The molecular formula is C15H25N3. The second-order valence-electron chi connectivity index (χ2n) is 5.13. The molecule has 1 saturated heterocycles. The van der Waals surface area contributed by atoms with Crippen molar-refractivity contribution >= 4 is 5.69 Å². The minimum atomic E-state index is 0.715. The molecule has 1 unspecified atom stereocenters. The molecule has 1 fully saturated rings. The third kappa shape index (κ3) is 2.83. The number of hydrogen-bond acceptors (Lipinski definition) is 3. The van der Waals surface area contributed by atoms with Crippen molar-refractivity contribution in [1.82, 2.24) is 10.3 Å². The van der Waals surface area contributed by atoms with Gasteiger partial charge >= 0.3 is 0 Å². The summed E-state index contributed by atoms with van der Waals surface area (Å²) in [5, 5.41) is 3.41. The van der Waals surface area contributed by atoms with E-state index in [0.717, 1.165) is 18.8 Å². The van der Waals surface area contributed by atoms with Gasteiger partial charge < -0.3 is 10.2 Å². The Morgan fingerprint density at radius 3 is 3.00 bits per heavy atom. The summed E-state index contributed by atoms with van der Waals surface area (Å²) >= 11 is 0. The van der Waals surface area contributed by atoms with Crippen molar-refractivity contribution in [2.75, 3.05) is 18.0 Å². The summed E-state index contributed by atoms with van der Waals surface area (Å²) in [6, 6.07) is 2.97. The fourth-order valence-corrected chi connectivity index (χ4v) is 2.81. The van der Waals surface area contributed by atoms with Crippen LogP contribution in [0.25, 0.3) is 0 Å². The van der Waals surface area contributed by atoms with E-state index >= 15 is 0 Å². The number of hydrogen-bond donors (Lipinski definition) is 1. The van der Waals surface area contributed by atoms with Crippen LogP contribution in [0.1, 0.15) is 44.4 Å². The fourth-order valence-electron chi connectivity index (χ4n) is 2.81. The Balaban J connectivity index is 2.26. The highest BCUT2D eigenvalue weighted by atomic mass is 15.2. The molecule has 0 aliphatic carbocycles. The van der Waals surface area contributed by atoms with Gasteiger partial charge in [-0.15, -0.1) is 0 Å². The third-order valence-electron chi connectivity index (χ3n) is 3.82. The van der Waals surface area contributed by atoms with Gasteiger partial charge in [0.2, 0.25) is 0 Å². The Kier molecular flexibility index (Phi) is 4.59. The number of nitrogens with zero attached hydrogens (tertiary/aromatic N) is 2. The van der Waals surface area contributed by atoms with Crippen molar-refractivity contribution in [3.8, 4) is 0 Å². The van der Waals surface area contributed by atoms with Gasteiger partial charge in [0, 0.05) is 42.3 Å². The molecule has 100 valence electrons. The van der Waals surface area contributed by atoms with Crippen LogP contribution in [0.4, 0.5) is 5.69 Å². The zero-order valence-electron chi connectivity index (χ0n) is 11.9. The maximum Gasteiger partial charge on any atom is 0.0448 e. The highest BCUT2D eigenvalue weighted by Gasteiger charge is 2.24. The molecule has 0 spiro atoms. The van der Waals surface area contributed by atoms with Crippen molar-refractivity contribution in [1.29, 1.82) is 0 Å². The zero-order valence-corrected chi connectivity index (χ0v) is 11.9. The molecule has 1 aromatic rings. The Hall–Kier alpha value is -1.09. The molecule has 0 radical (unpaired) electrons. The highest BCUT2D eigenvalue weighted by molar-refractivity contribution is 5.55. The molecule has 0 amide bonds. The van der Waals surface area contributed by atoms with Crippen molar-refractivity contribution in [2.24, 2.45) is 0 Å². The maximum atomic E-state index is 4.45. The van der Waals surface area contributed by atoms with Gasteiger partial charge in [-0.25, -0.2) is 0 Å². The number of aromatic nitrogens is 1. The summed E-state index contributed by atoms with van der Waals surface area (Å²) in [5.41, 5.74) is 3.85. The largest absolute Gasteiger partial charge is 0.368 e. The lowest BCUT2D eigenvalue weighted by Crippen LogP contribution is -2.30. The Bertz CT molecular complexity index is 389. The Labute approximate surface area is 111 Å². The quantitative estimate of drug-likeness (QED) is 0.867. The van der Waals surface area contributed by atoms with Gasteiger partial charge in [-0.2, -0.15) is 0 Å². The van der Waals surface area contributed by atoms with E-state index in [-0.39, 0.29) is 0 Å². The average molecular weight is 247 g/mol. The molecule has 18 heavy (non-hydrogen) atoms. The Morgan fingerprint density at radius 2 is 2.28 bits per heavy atom. The van der Waals surface area contributed by atoms with Crippen LogP contribution in [0.5, 0.6) is 0 Å². The molecule has 3 nitrogen and oxygen atoms in total. The third-order valence-corrected chi connectivity index (χ3v) is 3.82. The standard InChI is InChI=1S/C15H25N3/c1-4-14-7-6-8-18(14)15-9-12(3)17-11-13(15)10-16-5-2/h9,11,14,16H,4-8,10H2,1-3H3. The lowest BCUT2D eigenvalue weighted by atomic mass is 10.1. The summed E-state index contributed by atoms with van der Waals surface area (Å²) in [6.07, 6.45) is 5.93. The Morgan fingerprint density at radius 1 is 1.44 bits per heavy atom. The van der Waals surface area contributed by atoms with Gasteiger partial charge in [0.15, 0.2) is 0 Å². The lowest BCUT2D eigenvalue weighted by Gasteiger charge is -2.28. The SMILES string of the molecule is CCNCc1cnc(C)cc1N1CCCC1CC. The number of anilines is 1. The second-order valence-corrected chi connectivity index (χ2v) is 5.13. The molecular weight excluding hydrogens is 222 g/mol. The first kappa shape index (κ1) is 13.3. The van der Waals surface area contributed by atoms with Crippen molar-refractivity contribution in [3.63, 3.8) is 0 Å². The predicted molar refractivity (Wildman–Crippen MR) is 77.0 cm³/mol. The van der Waals surface area contributed by atoms with Crippen LogP contribution in [-0.4, -0.2) is 24.1 Å². The monoisotopic (exact) mass is 247 g/mol. The first-order valence-corrected chi connectivity index (χ1v) is 7.19. The molecule has 2 rings (SSSR count). The summed E-state index contributed by atoms with van der Waals surface area (Å²) in [5.74, 6) is 0. The normalized spacial score (nSPS) is 19.5. The molecule has 3 heteroatoms. The van der Waals surface area contributed by atoms with E-state index in [9.17, 15) is 0 Å². The summed E-state index contributed by atoms with van der Waals surface area (Å²) in [4.78, 5) is 7.03. The van der Waals surface area contributed by atoms with Crippen LogP contribution < -0.4 is 10.2 Å². The van der Waals surface area contributed by atoms with E-state index in [4.69, 9.17) is 0 Å². The first-order chi connectivity index (χ1) is 8.76. The summed E-state index contributed by atoms with van der Waals surface area (Å²) in [6.45, 7) is 9.64. The van der Waals surface area contributed by atoms with Crippen LogP contribution in [0.15, 0.2) is 12.3 Å². The summed E-state index contributed by atoms with van der Waals surface area (Å²) in [7, 11) is 0. The van der Waals surface area contributed by atoms with Crippen LogP contribution in [0, 0.1) is 6.92 Å². The van der Waals surface area contributed by atoms with Crippen molar-refractivity contribution in [3.05, 3.63) is 23.5 Å². The average Bonchev–Trinajstić information content (AvgIpc) is 2.85. The number of nitrogens with one attached hydrogen (secondary N) is 1. The lowest BCUT2D eigenvalue weighted by molar-refractivity contribution is 0.639. The van der Waals surface area contributed by atoms with Gasteiger partial charge in [0.05, 0.1) is 0 Å². The number of aryl methyl sites for hydroxylation is 1. The molecule has 1 aliphatic heterocycles. The van der Waals surface area contributed by atoms with Gasteiger partial charge in [0.1, 0.15) is 0 Å². The van der Waals surface area contributed by atoms with E-state index in [1.807, 2.05) is 6.20 Å². The minimum absolute atomic E-state index is 0.715. The maximum absolute atomic E-state index is 4.45. The topological polar surface area (TPSA) is 28.2 Å². The van der Waals surface area contributed by atoms with E-state index in [1.165, 1.54) is 37.1 Å². The van der Waals surface area contributed by atoms with Crippen LogP contribution in [-0.2, 0) is 6.54 Å². The second kappa shape index (κ2) is 6.19. The highest BCUT2D eigenvalue weighted by Crippen LogP contribution is 2.30. The molecule has 1 aromatic heterocycles. The van der Waals surface area contributed by atoms with Crippen LogP contribution in [0.3, 0.4) is 0 Å². The molecule has 2 heterocycles. The summed E-state index contributed by atoms with van der Waals surface area (Å²) < 4.78 is 0. The van der Waals surface area contributed by atoms with Crippen LogP contribution in [0.2, 0.25) is 0 Å². The molecule has 0 saturated carbocycles. The minimum Gasteiger partial charge on any atom is -0.368 e. The fraction of sp³-hybridized carbons (Fsp3) is 0.667. The molecule has 1 N–H and O–H groups in total.